The molecule has 1 unspecified atom stereocenters. The summed E-state index contributed by atoms with van der Waals surface area (Å²) >= 11 is 0. The van der Waals surface area contributed by atoms with E-state index < -0.39 is 0 Å². The Kier molecular flexibility index (Phi) is 3.53. The second kappa shape index (κ2) is 4.92. The van der Waals surface area contributed by atoms with E-state index in [0.717, 1.165) is 19.4 Å². The van der Waals surface area contributed by atoms with Crippen molar-refractivity contribution in [2.24, 2.45) is 0 Å². The lowest BCUT2D eigenvalue weighted by atomic mass is 10.1. The van der Waals surface area contributed by atoms with Crippen LogP contribution >= 0.6 is 0 Å². The molecule has 0 saturated carbocycles. The molecule has 5 nitrogen and oxygen atoms in total. The van der Waals surface area contributed by atoms with Gasteiger partial charge in [0.2, 0.25) is 0 Å². The second-order valence-corrected chi connectivity index (χ2v) is 4.95. The lowest BCUT2D eigenvalue weighted by molar-refractivity contribution is 0.0139. The Bertz CT molecular complexity index is 337. The van der Waals surface area contributed by atoms with E-state index in [0.29, 0.717) is 13.1 Å². The summed E-state index contributed by atoms with van der Waals surface area (Å²) in [6, 6.07) is 1.93. The van der Waals surface area contributed by atoms with Crippen LogP contribution in [0, 0.1) is 11.3 Å². The molecule has 2 atom stereocenters. The maximum absolute atomic E-state index is 12.1. The van der Waals surface area contributed by atoms with Gasteiger partial charge < -0.3 is 14.5 Å². The molecule has 0 aromatic heterocycles. The van der Waals surface area contributed by atoms with Gasteiger partial charge in [-0.15, -0.1) is 0 Å². The standard InChI is InChI=1S/C12H19N3O2/c1-9(2)17-11-4-5-14(8-11)12(16)15-6-3-10(15)7-13/h9-11H,3-6,8H2,1-2H3/t10-,11?/m0/s1. The summed E-state index contributed by atoms with van der Waals surface area (Å²) in [7, 11) is 0. The highest BCUT2D eigenvalue weighted by Gasteiger charge is 2.37. The van der Waals surface area contributed by atoms with Crippen LogP contribution in [0.3, 0.4) is 0 Å². The van der Waals surface area contributed by atoms with Crippen LogP contribution in [-0.4, -0.2) is 53.7 Å². The van der Waals surface area contributed by atoms with Crippen LogP contribution in [0.1, 0.15) is 26.7 Å². The number of amides is 2. The molecule has 2 aliphatic rings. The van der Waals surface area contributed by atoms with Gasteiger partial charge in [-0.25, -0.2) is 4.79 Å². The third-order valence-electron chi connectivity index (χ3n) is 3.29. The number of nitrogens with zero attached hydrogens (tertiary/aromatic N) is 3. The number of ether oxygens (including phenoxy) is 1. The molecular weight excluding hydrogens is 218 g/mol. The highest BCUT2D eigenvalue weighted by Crippen LogP contribution is 2.22. The third-order valence-corrected chi connectivity index (χ3v) is 3.29. The summed E-state index contributed by atoms with van der Waals surface area (Å²) in [6.45, 7) is 6.12. The van der Waals surface area contributed by atoms with Crippen LogP contribution in [0.4, 0.5) is 4.79 Å². The highest BCUT2D eigenvalue weighted by molar-refractivity contribution is 5.76. The number of carbonyl (C=O) groups is 1. The molecule has 0 radical (unpaired) electrons. The largest absolute Gasteiger partial charge is 0.374 e. The number of hydrogen-bond acceptors (Lipinski definition) is 3. The average molecular weight is 237 g/mol. The topological polar surface area (TPSA) is 56.6 Å². The Hall–Kier alpha value is -1.28. The molecule has 17 heavy (non-hydrogen) atoms. The molecule has 0 bridgehead atoms. The molecule has 0 aliphatic carbocycles. The quantitative estimate of drug-likeness (QED) is 0.725. The molecule has 2 saturated heterocycles. The fourth-order valence-corrected chi connectivity index (χ4v) is 2.33. The SMILES string of the molecule is CC(C)OC1CCN(C(=O)N2CC[C@H]2C#N)C1. The fourth-order valence-electron chi connectivity index (χ4n) is 2.33. The van der Waals surface area contributed by atoms with Crippen molar-refractivity contribution in [3.8, 4) is 6.07 Å². The van der Waals surface area contributed by atoms with E-state index in [1.807, 2.05) is 13.8 Å². The zero-order chi connectivity index (χ0) is 12.4. The minimum Gasteiger partial charge on any atom is -0.374 e. The Morgan fingerprint density at radius 3 is 2.71 bits per heavy atom. The summed E-state index contributed by atoms with van der Waals surface area (Å²) in [4.78, 5) is 15.5. The average Bonchev–Trinajstić information content (AvgIpc) is 2.64. The number of hydrogen-bond donors (Lipinski definition) is 0. The molecule has 0 aromatic rings. The Labute approximate surface area is 102 Å². The summed E-state index contributed by atoms with van der Waals surface area (Å²) in [5.41, 5.74) is 0. The van der Waals surface area contributed by atoms with E-state index >= 15 is 0 Å². The van der Waals surface area contributed by atoms with Crippen LogP contribution < -0.4 is 0 Å². The van der Waals surface area contributed by atoms with Crippen LogP contribution in [0.25, 0.3) is 0 Å². The van der Waals surface area contributed by atoms with Crippen LogP contribution in [0.2, 0.25) is 0 Å². The first-order chi connectivity index (χ1) is 8.11. The van der Waals surface area contributed by atoms with Crippen molar-refractivity contribution in [2.75, 3.05) is 19.6 Å². The van der Waals surface area contributed by atoms with Crippen molar-refractivity contribution >= 4 is 6.03 Å². The van der Waals surface area contributed by atoms with E-state index in [9.17, 15) is 4.79 Å². The zero-order valence-corrected chi connectivity index (χ0v) is 10.4. The van der Waals surface area contributed by atoms with Crippen molar-refractivity contribution in [3.05, 3.63) is 0 Å². The van der Waals surface area contributed by atoms with Gasteiger partial charge in [0, 0.05) is 19.6 Å². The Morgan fingerprint density at radius 2 is 2.18 bits per heavy atom. The fraction of sp³-hybridized carbons (Fsp3) is 0.833. The first-order valence-electron chi connectivity index (χ1n) is 6.22. The van der Waals surface area contributed by atoms with Crippen molar-refractivity contribution in [3.63, 3.8) is 0 Å². The summed E-state index contributed by atoms with van der Waals surface area (Å²) in [5, 5.41) is 8.83. The van der Waals surface area contributed by atoms with Gasteiger partial charge in [-0.05, 0) is 26.7 Å². The van der Waals surface area contributed by atoms with Gasteiger partial charge in [-0.3, -0.25) is 0 Å². The van der Waals surface area contributed by atoms with E-state index in [1.54, 1.807) is 9.80 Å². The van der Waals surface area contributed by atoms with Crippen molar-refractivity contribution in [2.45, 2.75) is 44.9 Å². The van der Waals surface area contributed by atoms with E-state index in [4.69, 9.17) is 10.00 Å². The van der Waals surface area contributed by atoms with Crippen molar-refractivity contribution in [1.29, 1.82) is 5.26 Å². The van der Waals surface area contributed by atoms with Crippen LogP contribution in [0.15, 0.2) is 0 Å². The first-order valence-corrected chi connectivity index (χ1v) is 6.22. The van der Waals surface area contributed by atoms with Gasteiger partial charge in [-0.2, -0.15) is 5.26 Å². The van der Waals surface area contributed by atoms with E-state index in [-0.39, 0.29) is 24.3 Å². The van der Waals surface area contributed by atoms with Crippen molar-refractivity contribution < 1.29 is 9.53 Å². The zero-order valence-electron chi connectivity index (χ0n) is 10.4. The summed E-state index contributed by atoms with van der Waals surface area (Å²) < 4.78 is 5.70. The molecule has 94 valence electrons. The molecule has 2 aliphatic heterocycles. The molecule has 2 heterocycles. The molecular formula is C12H19N3O2. The third kappa shape index (κ3) is 2.52. The van der Waals surface area contributed by atoms with Gasteiger partial charge in [0.25, 0.3) is 0 Å². The van der Waals surface area contributed by atoms with Crippen LogP contribution in [-0.2, 0) is 4.74 Å². The minimum absolute atomic E-state index is 0.00217. The number of rotatable bonds is 2. The highest BCUT2D eigenvalue weighted by atomic mass is 16.5. The predicted molar refractivity (Wildman–Crippen MR) is 62.3 cm³/mol. The van der Waals surface area contributed by atoms with E-state index in [1.165, 1.54) is 0 Å². The monoisotopic (exact) mass is 237 g/mol. The Balaban J connectivity index is 1.84. The maximum atomic E-state index is 12.1. The molecule has 2 fully saturated rings. The molecule has 0 spiro atoms. The summed E-state index contributed by atoms with van der Waals surface area (Å²) in [5.74, 6) is 0. The number of urea groups is 1. The minimum atomic E-state index is -0.215. The molecule has 0 aromatic carbocycles. The van der Waals surface area contributed by atoms with Gasteiger partial charge in [0.1, 0.15) is 6.04 Å². The summed E-state index contributed by atoms with van der Waals surface area (Å²) in [6.07, 6.45) is 2.06. The van der Waals surface area contributed by atoms with Gasteiger partial charge in [0.15, 0.2) is 0 Å². The number of nitriles is 1. The molecule has 2 amide bonds. The molecule has 0 N–H and O–H groups in total. The maximum Gasteiger partial charge on any atom is 0.321 e. The number of carbonyl (C=O) groups excluding carboxylic acids is 1. The van der Waals surface area contributed by atoms with Crippen LogP contribution in [0.5, 0.6) is 0 Å². The lowest BCUT2D eigenvalue weighted by Crippen LogP contribution is -2.55. The smallest absolute Gasteiger partial charge is 0.321 e. The van der Waals surface area contributed by atoms with Gasteiger partial charge in [0.05, 0.1) is 18.3 Å². The lowest BCUT2D eigenvalue weighted by Gasteiger charge is -2.38. The normalized spacial score (nSPS) is 28.1. The Morgan fingerprint density at radius 1 is 1.41 bits per heavy atom. The molecule has 2 rings (SSSR count). The van der Waals surface area contributed by atoms with Gasteiger partial charge in [-0.1, -0.05) is 0 Å². The molecule has 5 heteroatoms. The van der Waals surface area contributed by atoms with Gasteiger partial charge >= 0.3 is 6.03 Å². The number of likely N-dealkylation sites (tertiary alicyclic amines) is 2. The second-order valence-electron chi connectivity index (χ2n) is 4.95. The van der Waals surface area contributed by atoms with E-state index in [2.05, 4.69) is 6.07 Å². The predicted octanol–water partition coefficient (Wildman–Crippen LogP) is 1.20. The first kappa shape index (κ1) is 12.2. The van der Waals surface area contributed by atoms with Crippen molar-refractivity contribution in [1.82, 2.24) is 9.80 Å².